The van der Waals surface area contributed by atoms with Gasteiger partial charge in [-0.3, -0.25) is 0 Å². The molecule has 0 atom stereocenters. The molecule has 3 heteroatoms. The van der Waals surface area contributed by atoms with Crippen LogP contribution >= 0.6 is 0 Å². The van der Waals surface area contributed by atoms with Crippen LogP contribution in [-0.2, 0) is 6.54 Å². The topological polar surface area (TPSA) is 28.2 Å². The standard InChI is InChI=1S/C16H25N3/c1-6-8-17-12-14-10-15(13(3)4)18-16(11-14)19(5)9-7-2/h2,10-11,13,17H,6,8-9,12H2,1,3-5H3. The van der Waals surface area contributed by atoms with Crippen LogP contribution in [0.2, 0.25) is 0 Å². The lowest BCUT2D eigenvalue weighted by atomic mass is 10.1. The summed E-state index contributed by atoms with van der Waals surface area (Å²) in [4.78, 5) is 6.69. The maximum Gasteiger partial charge on any atom is 0.129 e. The van der Waals surface area contributed by atoms with E-state index in [0.717, 1.165) is 31.0 Å². The second kappa shape index (κ2) is 7.81. The average molecular weight is 259 g/mol. The Balaban J connectivity index is 2.94. The summed E-state index contributed by atoms with van der Waals surface area (Å²) in [5, 5.41) is 3.43. The minimum Gasteiger partial charge on any atom is -0.349 e. The lowest BCUT2D eigenvalue weighted by Crippen LogP contribution is -2.20. The predicted molar refractivity (Wildman–Crippen MR) is 82.4 cm³/mol. The predicted octanol–water partition coefficient (Wildman–Crippen LogP) is 2.77. The molecule has 19 heavy (non-hydrogen) atoms. The Morgan fingerprint density at radius 2 is 2.16 bits per heavy atom. The highest BCUT2D eigenvalue weighted by atomic mass is 15.2. The maximum absolute atomic E-state index is 5.37. The summed E-state index contributed by atoms with van der Waals surface area (Å²) >= 11 is 0. The molecule has 0 aliphatic rings. The van der Waals surface area contributed by atoms with Gasteiger partial charge >= 0.3 is 0 Å². The van der Waals surface area contributed by atoms with Crippen molar-refractivity contribution in [3.05, 3.63) is 23.4 Å². The summed E-state index contributed by atoms with van der Waals surface area (Å²) < 4.78 is 0. The first-order chi connectivity index (χ1) is 9.08. The molecule has 1 heterocycles. The summed E-state index contributed by atoms with van der Waals surface area (Å²) in [6.07, 6.45) is 6.51. The number of nitrogens with zero attached hydrogens (tertiary/aromatic N) is 2. The van der Waals surface area contributed by atoms with Gasteiger partial charge in [0.2, 0.25) is 0 Å². The summed E-state index contributed by atoms with van der Waals surface area (Å²) in [7, 11) is 1.98. The van der Waals surface area contributed by atoms with Crippen LogP contribution in [0.5, 0.6) is 0 Å². The molecule has 0 radical (unpaired) electrons. The molecule has 0 spiro atoms. The fraction of sp³-hybridized carbons (Fsp3) is 0.562. The first-order valence-corrected chi connectivity index (χ1v) is 6.94. The molecule has 0 aliphatic carbocycles. The molecule has 104 valence electrons. The first kappa shape index (κ1) is 15.5. The average Bonchev–Trinajstić information content (AvgIpc) is 2.39. The van der Waals surface area contributed by atoms with Gasteiger partial charge in [0.15, 0.2) is 0 Å². The quantitative estimate of drug-likeness (QED) is 0.603. The largest absolute Gasteiger partial charge is 0.349 e. The fourth-order valence-electron chi connectivity index (χ4n) is 1.82. The monoisotopic (exact) mass is 259 g/mol. The van der Waals surface area contributed by atoms with Gasteiger partial charge in [0.1, 0.15) is 5.82 Å². The number of anilines is 1. The second-order valence-corrected chi connectivity index (χ2v) is 5.15. The van der Waals surface area contributed by atoms with Crippen LogP contribution in [0.1, 0.15) is 44.4 Å². The van der Waals surface area contributed by atoms with Gasteiger partial charge in [-0.1, -0.05) is 26.7 Å². The van der Waals surface area contributed by atoms with Crippen LogP contribution in [0.15, 0.2) is 12.1 Å². The molecule has 0 saturated heterocycles. The zero-order valence-electron chi connectivity index (χ0n) is 12.5. The number of nitrogens with one attached hydrogen (secondary N) is 1. The number of hydrogen-bond donors (Lipinski definition) is 1. The van der Waals surface area contributed by atoms with Crippen molar-refractivity contribution >= 4 is 5.82 Å². The van der Waals surface area contributed by atoms with Crippen molar-refractivity contribution in [2.45, 2.75) is 39.7 Å². The molecule has 0 unspecified atom stereocenters. The highest BCUT2D eigenvalue weighted by Gasteiger charge is 2.08. The molecule has 0 aromatic carbocycles. The summed E-state index contributed by atoms with van der Waals surface area (Å²) in [6, 6.07) is 4.30. The number of pyridine rings is 1. The van der Waals surface area contributed by atoms with Gasteiger partial charge in [0.05, 0.1) is 6.54 Å². The highest BCUT2D eigenvalue weighted by molar-refractivity contribution is 5.43. The number of aromatic nitrogens is 1. The van der Waals surface area contributed by atoms with Crippen LogP contribution in [-0.4, -0.2) is 25.1 Å². The van der Waals surface area contributed by atoms with Crippen molar-refractivity contribution in [2.24, 2.45) is 0 Å². The number of hydrogen-bond acceptors (Lipinski definition) is 3. The van der Waals surface area contributed by atoms with Crippen molar-refractivity contribution in [1.82, 2.24) is 10.3 Å². The van der Waals surface area contributed by atoms with Crippen LogP contribution < -0.4 is 10.2 Å². The Kier molecular flexibility index (Phi) is 6.38. The minimum absolute atomic E-state index is 0.420. The number of terminal acetylenes is 1. The Morgan fingerprint density at radius 1 is 1.42 bits per heavy atom. The van der Waals surface area contributed by atoms with E-state index in [2.05, 4.69) is 49.1 Å². The van der Waals surface area contributed by atoms with E-state index in [1.807, 2.05) is 11.9 Å². The third-order valence-corrected chi connectivity index (χ3v) is 2.96. The summed E-state index contributed by atoms with van der Waals surface area (Å²) in [6.45, 7) is 9.00. The van der Waals surface area contributed by atoms with Crippen LogP contribution in [0, 0.1) is 12.3 Å². The van der Waals surface area contributed by atoms with Crippen molar-refractivity contribution < 1.29 is 0 Å². The van der Waals surface area contributed by atoms with E-state index >= 15 is 0 Å². The minimum atomic E-state index is 0.420. The second-order valence-electron chi connectivity index (χ2n) is 5.15. The molecule has 1 rings (SSSR count). The first-order valence-electron chi connectivity index (χ1n) is 6.94. The third kappa shape index (κ3) is 4.92. The Morgan fingerprint density at radius 3 is 2.74 bits per heavy atom. The van der Waals surface area contributed by atoms with E-state index < -0.39 is 0 Å². The molecule has 3 nitrogen and oxygen atoms in total. The van der Waals surface area contributed by atoms with Crippen LogP contribution in [0.3, 0.4) is 0 Å². The van der Waals surface area contributed by atoms with E-state index in [-0.39, 0.29) is 0 Å². The van der Waals surface area contributed by atoms with E-state index in [4.69, 9.17) is 6.42 Å². The zero-order valence-corrected chi connectivity index (χ0v) is 12.5. The van der Waals surface area contributed by atoms with Crippen molar-refractivity contribution in [2.75, 3.05) is 25.0 Å². The van der Waals surface area contributed by atoms with E-state index in [9.17, 15) is 0 Å². The van der Waals surface area contributed by atoms with Crippen LogP contribution in [0.4, 0.5) is 5.82 Å². The molecule has 1 N–H and O–H groups in total. The van der Waals surface area contributed by atoms with Gasteiger partial charge in [0.25, 0.3) is 0 Å². The Bertz CT molecular complexity index is 432. The number of rotatable bonds is 7. The smallest absolute Gasteiger partial charge is 0.129 e. The van der Waals surface area contributed by atoms with Gasteiger partial charge < -0.3 is 10.2 Å². The summed E-state index contributed by atoms with van der Waals surface area (Å²) in [5.41, 5.74) is 2.39. The van der Waals surface area contributed by atoms with Crippen molar-refractivity contribution in [3.63, 3.8) is 0 Å². The lowest BCUT2D eigenvalue weighted by Gasteiger charge is -2.18. The van der Waals surface area contributed by atoms with Gasteiger partial charge in [-0.15, -0.1) is 6.42 Å². The third-order valence-electron chi connectivity index (χ3n) is 2.96. The molecule has 1 aromatic heterocycles. The Hall–Kier alpha value is -1.53. The molecular formula is C16H25N3. The molecule has 0 bridgehead atoms. The molecule has 0 fully saturated rings. The van der Waals surface area contributed by atoms with Gasteiger partial charge in [-0.05, 0) is 36.6 Å². The van der Waals surface area contributed by atoms with Gasteiger partial charge in [0, 0.05) is 19.3 Å². The van der Waals surface area contributed by atoms with Crippen molar-refractivity contribution in [3.8, 4) is 12.3 Å². The van der Waals surface area contributed by atoms with Gasteiger partial charge in [-0.25, -0.2) is 4.98 Å². The lowest BCUT2D eigenvalue weighted by molar-refractivity contribution is 0.672. The SMILES string of the molecule is C#CCN(C)c1cc(CNCCC)cc(C(C)C)n1. The Labute approximate surface area is 117 Å². The molecule has 0 saturated carbocycles. The molecule has 0 amide bonds. The highest BCUT2D eigenvalue weighted by Crippen LogP contribution is 2.19. The maximum atomic E-state index is 5.37. The summed E-state index contributed by atoms with van der Waals surface area (Å²) in [5.74, 6) is 4.03. The molecular weight excluding hydrogens is 234 g/mol. The van der Waals surface area contributed by atoms with Crippen LogP contribution in [0.25, 0.3) is 0 Å². The van der Waals surface area contributed by atoms with E-state index in [0.29, 0.717) is 12.5 Å². The van der Waals surface area contributed by atoms with E-state index in [1.54, 1.807) is 0 Å². The van der Waals surface area contributed by atoms with Crippen molar-refractivity contribution in [1.29, 1.82) is 0 Å². The normalized spacial score (nSPS) is 10.5. The zero-order chi connectivity index (χ0) is 14.3. The molecule has 1 aromatic rings. The van der Waals surface area contributed by atoms with Gasteiger partial charge in [-0.2, -0.15) is 0 Å². The fourth-order valence-corrected chi connectivity index (χ4v) is 1.82. The molecule has 0 aliphatic heterocycles. The van der Waals surface area contributed by atoms with E-state index in [1.165, 1.54) is 5.56 Å².